The van der Waals surface area contributed by atoms with Crippen LogP contribution in [-0.4, -0.2) is 104 Å². The number of nitrogens with one attached hydrogen (secondary N) is 2. The van der Waals surface area contributed by atoms with Gasteiger partial charge in [-0.1, -0.05) is 41.9 Å². The third-order valence-electron chi connectivity index (χ3n) is 9.71. The number of aromatic hydroxyl groups is 2. The Morgan fingerprint density at radius 3 is 2.43 bits per heavy atom. The smallest absolute Gasteiger partial charge is 0.534 e. The quantitative estimate of drug-likeness (QED) is 0.124. The number of carboxylic acid groups (broad SMARTS) is 1. The second-order valence-electron chi connectivity index (χ2n) is 13.0. The van der Waals surface area contributed by atoms with E-state index in [-0.39, 0.29) is 31.1 Å². The standard InChI is InChI=1S/C34H36BClF2N6O9/c36-26-21(14-23(38)28(45)29(26)46)27(31(47)40-24-13-19-4-5-22(37)25(32(48)49)30(19)53-35(24)52)41-33(50)44-11-10-43(34(44)51)20-6-8-42(9-7-20)16-18-3-1-2-17(12-18)15-39/h1-5,12,14,20,24,27,45-46,52H,6-11,13,15-16,39H2,(H,40,47)(H,41,50)(H,48,49). The van der Waals surface area contributed by atoms with Crippen LogP contribution in [0, 0.1) is 11.6 Å². The number of urea groups is 2. The van der Waals surface area contributed by atoms with E-state index in [1.54, 1.807) is 4.90 Å². The predicted octanol–water partition coefficient (Wildman–Crippen LogP) is 2.48. The molecule has 0 aliphatic carbocycles. The van der Waals surface area contributed by atoms with Crippen molar-refractivity contribution in [3.63, 3.8) is 0 Å². The van der Waals surface area contributed by atoms with E-state index < -0.39 is 88.1 Å². The van der Waals surface area contributed by atoms with E-state index in [0.29, 0.717) is 38.5 Å². The SMILES string of the molecule is NCc1cccc(CN2CCC(N3CCN(C(=O)NC(C(=O)NC4Cc5ccc(F)c(C(=O)O)c5OB4O)c4cc(F)c(O)c(O)c4Cl)C3=O)CC2)c1. The molecule has 0 saturated carbocycles. The van der Waals surface area contributed by atoms with Gasteiger partial charge in [0.25, 0.3) is 0 Å². The number of hydrogen-bond donors (Lipinski definition) is 7. The maximum absolute atomic E-state index is 14.7. The summed E-state index contributed by atoms with van der Waals surface area (Å²) >= 11 is 6.21. The van der Waals surface area contributed by atoms with Crippen LogP contribution in [0.4, 0.5) is 18.4 Å². The third kappa shape index (κ3) is 7.66. The Kier molecular flexibility index (Phi) is 10.9. The number of fused-ring (bicyclic) bond motifs is 1. The summed E-state index contributed by atoms with van der Waals surface area (Å²) in [6, 6.07) is 7.00. The first-order valence-electron chi connectivity index (χ1n) is 16.8. The molecule has 3 aliphatic heterocycles. The number of likely N-dealkylation sites (tertiary alicyclic amines) is 1. The maximum Gasteiger partial charge on any atom is 0.547 e. The summed E-state index contributed by atoms with van der Waals surface area (Å²) in [6.45, 7) is 2.75. The summed E-state index contributed by atoms with van der Waals surface area (Å²) in [5.41, 5.74) is 6.74. The number of nitrogens with zero attached hydrogens (tertiary/aromatic N) is 3. The number of nitrogens with two attached hydrogens (primary N) is 1. The predicted molar refractivity (Wildman–Crippen MR) is 185 cm³/mol. The topological polar surface area (TPSA) is 218 Å². The van der Waals surface area contributed by atoms with Crippen LogP contribution in [0.15, 0.2) is 42.5 Å². The Morgan fingerprint density at radius 1 is 1.02 bits per heavy atom. The third-order valence-corrected chi connectivity index (χ3v) is 10.1. The Morgan fingerprint density at radius 2 is 1.74 bits per heavy atom. The average molecular weight is 757 g/mol. The van der Waals surface area contributed by atoms with Crippen molar-refractivity contribution in [2.24, 2.45) is 5.73 Å². The first-order valence-corrected chi connectivity index (χ1v) is 17.1. The van der Waals surface area contributed by atoms with Gasteiger partial charge in [0, 0.05) is 50.9 Å². The highest BCUT2D eigenvalue weighted by Gasteiger charge is 2.43. The second kappa shape index (κ2) is 15.4. The van der Waals surface area contributed by atoms with Crippen molar-refractivity contribution >= 4 is 42.7 Å². The van der Waals surface area contributed by atoms with Crippen molar-refractivity contribution in [3.05, 3.63) is 86.9 Å². The van der Waals surface area contributed by atoms with E-state index in [4.69, 9.17) is 22.0 Å². The number of piperidine rings is 1. The molecule has 0 bridgehead atoms. The molecule has 2 fully saturated rings. The molecule has 2 unspecified atom stereocenters. The van der Waals surface area contributed by atoms with Crippen LogP contribution in [0.2, 0.25) is 5.02 Å². The highest BCUT2D eigenvalue weighted by molar-refractivity contribution is 6.47. The summed E-state index contributed by atoms with van der Waals surface area (Å²) < 4.78 is 34.2. The van der Waals surface area contributed by atoms with E-state index in [1.807, 2.05) is 18.2 Å². The van der Waals surface area contributed by atoms with Gasteiger partial charge in [0.2, 0.25) is 5.91 Å². The molecule has 5 amide bonds. The fraction of sp³-hybridized carbons (Fsp3) is 0.353. The molecule has 0 radical (unpaired) electrons. The van der Waals surface area contributed by atoms with Gasteiger partial charge >= 0.3 is 25.1 Å². The molecule has 3 aliphatic rings. The van der Waals surface area contributed by atoms with Crippen LogP contribution < -0.4 is 21.0 Å². The van der Waals surface area contributed by atoms with E-state index in [9.17, 15) is 48.3 Å². The number of amides is 5. The van der Waals surface area contributed by atoms with Crippen molar-refractivity contribution in [2.75, 3.05) is 26.2 Å². The fourth-order valence-electron chi connectivity index (χ4n) is 6.93. The van der Waals surface area contributed by atoms with Gasteiger partial charge in [-0.3, -0.25) is 9.69 Å². The summed E-state index contributed by atoms with van der Waals surface area (Å²) in [4.78, 5) is 57.4. The molecular formula is C34H36BClF2N6O9. The molecule has 0 spiro atoms. The lowest BCUT2D eigenvalue weighted by Gasteiger charge is -2.36. The zero-order chi connectivity index (χ0) is 38.1. The number of phenols is 2. The maximum atomic E-state index is 14.7. The highest BCUT2D eigenvalue weighted by atomic mass is 35.5. The van der Waals surface area contributed by atoms with E-state index >= 15 is 0 Å². The van der Waals surface area contributed by atoms with Gasteiger partial charge in [0.1, 0.15) is 23.2 Å². The molecule has 280 valence electrons. The number of carbonyl (C=O) groups excluding carboxylic acids is 3. The minimum Gasteiger partial charge on any atom is -0.534 e. The van der Waals surface area contributed by atoms with E-state index in [1.165, 1.54) is 6.07 Å². The monoisotopic (exact) mass is 756 g/mol. The number of carbonyl (C=O) groups is 4. The summed E-state index contributed by atoms with van der Waals surface area (Å²) in [6.07, 6.45) is 1.05. The molecule has 3 heterocycles. The number of phenolic OH excluding ortho intramolecular Hbond substituents is 2. The van der Waals surface area contributed by atoms with Crippen molar-refractivity contribution in [1.29, 1.82) is 0 Å². The molecule has 6 rings (SSSR count). The molecule has 19 heteroatoms. The Balaban J connectivity index is 1.16. The summed E-state index contributed by atoms with van der Waals surface area (Å²) in [7, 11) is -1.90. The Bertz CT molecular complexity index is 1950. The molecule has 3 aromatic carbocycles. The van der Waals surface area contributed by atoms with Crippen molar-refractivity contribution in [2.45, 2.75) is 50.4 Å². The number of benzene rings is 3. The Labute approximate surface area is 307 Å². The number of rotatable bonds is 9. The van der Waals surface area contributed by atoms with Crippen LogP contribution in [0.5, 0.6) is 17.2 Å². The molecule has 2 atom stereocenters. The van der Waals surface area contributed by atoms with Crippen molar-refractivity contribution in [1.82, 2.24) is 25.3 Å². The first-order chi connectivity index (χ1) is 25.3. The number of halogens is 3. The lowest BCUT2D eigenvalue weighted by molar-refractivity contribution is -0.123. The minimum absolute atomic E-state index is 0.0392. The normalized spacial score (nSPS) is 18.4. The fourth-order valence-corrected chi connectivity index (χ4v) is 7.18. The van der Waals surface area contributed by atoms with Crippen LogP contribution in [0.25, 0.3) is 0 Å². The lowest BCUT2D eigenvalue weighted by atomic mass is 9.72. The van der Waals surface area contributed by atoms with E-state index in [0.717, 1.165) is 28.6 Å². The van der Waals surface area contributed by atoms with Gasteiger partial charge in [0.15, 0.2) is 17.3 Å². The zero-order valence-corrected chi connectivity index (χ0v) is 28.9. The van der Waals surface area contributed by atoms with Gasteiger partial charge in [-0.05, 0) is 48.1 Å². The van der Waals surface area contributed by atoms with Crippen molar-refractivity contribution in [3.8, 4) is 17.2 Å². The van der Waals surface area contributed by atoms with Crippen LogP contribution in [-0.2, 0) is 24.3 Å². The molecule has 2 saturated heterocycles. The highest BCUT2D eigenvalue weighted by Crippen LogP contribution is 2.41. The summed E-state index contributed by atoms with van der Waals surface area (Å²) in [5, 5.41) is 44.4. The van der Waals surface area contributed by atoms with Gasteiger partial charge < -0.3 is 46.3 Å². The average Bonchev–Trinajstić information content (AvgIpc) is 3.52. The molecule has 8 N–H and O–H groups in total. The molecular weight excluding hydrogens is 721 g/mol. The molecule has 53 heavy (non-hydrogen) atoms. The summed E-state index contributed by atoms with van der Waals surface area (Å²) in [5.74, 6) is -9.33. The molecule has 3 aromatic rings. The largest absolute Gasteiger partial charge is 0.547 e. The molecule has 0 aromatic heterocycles. The van der Waals surface area contributed by atoms with Crippen LogP contribution >= 0.6 is 11.6 Å². The lowest BCUT2D eigenvalue weighted by Crippen LogP contribution is -2.56. The first kappa shape index (κ1) is 37.6. The Hall–Kier alpha value is -5.17. The minimum atomic E-state index is -1.91. The van der Waals surface area contributed by atoms with Crippen LogP contribution in [0.1, 0.15) is 51.5 Å². The number of hydrogen-bond acceptors (Lipinski definition) is 10. The second-order valence-corrected chi connectivity index (χ2v) is 13.4. The van der Waals surface area contributed by atoms with Crippen LogP contribution in [0.3, 0.4) is 0 Å². The van der Waals surface area contributed by atoms with Gasteiger partial charge in [-0.2, -0.15) is 0 Å². The number of imide groups is 1. The molecule has 15 nitrogen and oxygen atoms in total. The number of carboxylic acids is 1. The van der Waals surface area contributed by atoms with Gasteiger partial charge in [-0.25, -0.2) is 28.1 Å². The number of aromatic carboxylic acids is 1. The zero-order valence-electron chi connectivity index (χ0n) is 28.1. The van der Waals surface area contributed by atoms with Gasteiger partial charge in [0.05, 0.1) is 11.0 Å². The van der Waals surface area contributed by atoms with Crippen molar-refractivity contribution < 1.29 is 53.0 Å². The van der Waals surface area contributed by atoms with E-state index in [2.05, 4.69) is 21.6 Å². The van der Waals surface area contributed by atoms with Gasteiger partial charge in [-0.15, -0.1) is 0 Å².